The molecule has 37 heavy (non-hydrogen) atoms. The van der Waals surface area contributed by atoms with Gasteiger partial charge in [-0.1, -0.05) is 69.4 Å². The monoisotopic (exact) mass is 596 g/mol. The van der Waals surface area contributed by atoms with Crippen LogP contribution in [0.25, 0.3) is 0 Å². The number of aromatic nitrogens is 1. The average molecular weight is 597 g/mol. The van der Waals surface area contributed by atoms with Crippen LogP contribution in [0, 0.1) is 11.7 Å². The van der Waals surface area contributed by atoms with Crippen LogP contribution in [0.5, 0.6) is 5.75 Å². The molecule has 1 fully saturated rings. The van der Waals surface area contributed by atoms with E-state index in [0.29, 0.717) is 33.5 Å². The molecule has 3 aromatic carbocycles. The first kappa shape index (κ1) is 24.1. The van der Waals surface area contributed by atoms with Crippen LogP contribution >= 0.6 is 39.0 Å². The van der Waals surface area contributed by atoms with E-state index in [1.807, 2.05) is 48.5 Å². The third-order valence-corrected chi connectivity index (χ3v) is 9.35. The Morgan fingerprint density at radius 3 is 2.49 bits per heavy atom. The SMILES string of the molecule is O=C1C2Sc3[nH]c(=O)sc3[C@H](c3cc(Br)ccc3OCc3ccccc3)C2C(=O)N1c1ccc(F)cc1. The standard InChI is InChI=1S/C27H18BrFN2O4S2/c28-15-6-11-19(35-13-14-4-2-1-3-5-14)18(12-15)20-21-23(36-24-22(20)37-27(34)30-24)26(33)31(25(21)32)17-9-7-16(29)8-10-17/h1-12,20-21,23H,13H2,(H,30,34)/t20-,21?,23?/m1/s1. The fourth-order valence-corrected chi connectivity index (χ4v) is 7.71. The van der Waals surface area contributed by atoms with Crippen LogP contribution in [0.3, 0.4) is 0 Å². The second-order valence-corrected chi connectivity index (χ2v) is 11.8. The number of H-pyrrole nitrogens is 1. The van der Waals surface area contributed by atoms with Gasteiger partial charge in [0.15, 0.2) is 0 Å². The smallest absolute Gasteiger partial charge is 0.305 e. The number of ether oxygens (including phenoxy) is 1. The molecule has 186 valence electrons. The highest BCUT2D eigenvalue weighted by Gasteiger charge is 2.56. The summed E-state index contributed by atoms with van der Waals surface area (Å²) in [6, 6.07) is 20.6. The van der Waals surface area contributed by atoms with Crippen molar-refractivity contribution < 1.29 is 18.7 Å². The fourth-order valence-electron chi connectivity index (χ4n) is 4.83. The number of halogens is 2. The second kappa shape index (κ2) is 9.59. The molecule has 4 aromatic rings. The summed E-state index contributed by atoms with van der Waals surface area (Å²) in [6.45, 7) is 0.315. The molecule has 1 N–H and O–H groups in total. The number of thioether (sulfide) groups is 1. The first-order valence-corrected chi connectivity index (χ1v) is 13.9. The zero-order valence-corrected chi connectivity index (χ0v) is 22.2. The molecule has 0 radical (unpaired) electrons. The summed E-state index contributed by atoms with van der Waals surface area (Å²) in [7, 11) is 0. The van der Waals surface area contributed by atoms with Crippen LogP contribution in [-0.2, 0) is 16.2 Å². The molecule has 0 aliphatic carbocycles. The molecule has 10 heteroatoms. The van der Waals surface area contributed by atoms with Crippen LogP contribution in [0.1, 0.15) is 21.9 Å². The molecule has 0 saturated carbocycles. The highest BCUT2D eigenvalue weighted by molar-refractivity contribution is 9.10. The third-order valence-electron chi connectivity index (χ3n) is 6.45. The van der Waals surface area contributed by atoms with E-state index in [2.05, 4.69) is 20.9 Å². The molecule has 2 unspecified atom stereocenters. The molecular formula is C27H18BrFN2O4S2. The van der Waals surface area contributed by atoms with E-state index in [1.54, 1.807) is 0 Å². The van der Waals surface area contributed by atoms with Crippen molar-refractivity contribution in [2.45, 2.75) is 22.8 Å². The molecule has 2 amide bonds. The maximum absolute atomic E-state index is 13.9. The van der Waals surface area contributed by atoms with E-state index in [1.165, 1.54) is 36.0 Å². The van der Waals surface area contributed by atoms with E-state index < -0.39 is 28.8 Å². The quantitative estimate of drug-likeness (QED) is 0.298. The number of hydrogen-bond acceptors (Lipinski definition) is 6. The van der Waals surface area contributed by atoms with Crippen LogP contribution in [0.2, 0.25) is 0 Å². The number of nitrogens with one attached hydrogen (secondary N) is 1. The number of imide groups is 1. The van der Waals surface area contributed by atoms with Gasteiger partial charge in [0.2, 0.25) is 11.8 Å². The zero-order chi connectivity index (χ0) is 25.7. The Balaban J connectivity index is 1.45. The highest BCUT2D eigenvalue weighted by atomic mass is 79.9. The van der Waals surface area contributed by atoms with Gasteiger partial charge in [-0.25, -0.2) is 9.29 Å². The Labute approximate surface area is 227 Å². The molecule has 1 saturated heterocycles. The van der Waals surface area contributed by atoms with Gasteiger partial charge in [0.25, 0.3) is 0 Å². The molecule has 1 aromatic heterocycles. The minimum atomic E-state index is -0.769. The summed E-state index contributed by atoms with van der Waals surface area (Å²) < 4.78 is 20.6. The summed E-state index contributed by atoms with van der Waals surface area (Å²) >= 11 is 5.77. The number of anilines is 1. The lowest BCUT2D eigenvalue weighted by Gasteiger charge is -2.31. The van der Waals surface area contributed by atoms with Gasteiger partial charge in [0.1, 0.15) is 23.4 Å². The minimum Gasteiger partial charge on any atom is -0.489 e. The van der Waals surface area contributed by atoms with Gasteiger partial charge < -0.3 is 9.72 Å². The van der Waals surface area contributed by atoms with E-state index >= 15 is 0 Å². The molecule has 0 spiro atoms. The summed E-state index contributed by atoms with van der Waals surface area (Å²) in [5.41, 5.74) is 2.01. The van der Waals surface area contributed by atoms with Crippen molar-refractivity contribution in [3.05, 3.63) is 109 Å². The van der Waals surface area contributed by atoms with Crippen molar-refractivity contribution in [2.24, 2.45) is 5.92 Å². The van der Waals surface area contributed by atoms with Gasteiger partial charge in [-0.05, 0) is 48.0 Å². The number of amides is 2. The first-order valence-electron chi connectivity index (χ1n) is 11.4. The number of benzene rings is 3. The Hall–Kier alpha value is -3.21. The fraction of sp³-hybridized carbons (Fsp3) is 0.148. The zero-order valence-electron chi connectivity index (χ0n) is 19.0. The van der Waals surface area contributed by atoms with Gasteiger partial charge in [-0.3, -0.25) is 14.4 Å². The number of hydrogen-bond donors (Lipinski definition) is 1. The number of aromatic amines is 1. The molecule has 3 heterocycles. The summed E-state index contributed by atoms with van der Waals surface area (Å²) in [5.74, 6) is -2.03. The maximum Gasteiger partial charge on any atom is 0.305 e. The topological polar surface area (TPSA) is 79.5 Å². The van der Waals surface area contributed by atoms with Crippen molar-refractivity contribution in [3.63, 3.8) is 0 Å². The van der Waals surface area contributed by atoms with Gasteiger partial charge in [-0.15, -0.1) is 0 Å². The Bertz CT molecular complexity index is 1570. The molecule has 2 aliphatic rings. The number of fused-ring (bicyclic) bond motifs is 2. The number of carbonyl (C=O) groups is 2. The van der Waals surface area contributed by atoms with Gasteiger partial charge in [0, 0.05) is 20.8 Å². The third kappa shape index (κ3) is 4.32. The molecule has 2 aliphatic heterocycles. The summed E-state index contributed by atoms with van der Waals surface area (Å²) in [5, 5.41) is -0.168. The van der Waals surface area contributed by atoms with E-state index in [0.717, 1.165) is 26.3 Å². The van der Waals surface area contributed by atoms with Crippen molar-refractivity contribution in [2.75, 3.05) is 4.90 Å². The number of carbonyl (C=O) groups excluding carboxylic acids is 2. The van der Waals surface area contributed by atoms with Crippen molar-refractivity contribution in [1.29, 1.82) is 0 Å². The van der Waals surface area contributed by atoms with E-state index in [9.17, 15) is 18.8 Å². The van der Waals surface area contributed by atoms with E-state index in [4.69, 9.17) is 4.74 Å². The first-order chi connectivity index (χ1) is 17.9. The van der Waals surface area contributed by atoms with Crippen molar-refractivity contribution in [1.82, 2.24) is 4.98 Å². The Morgan fingerprint density at radius 1 is 0.973 bits per heavy atom. The molecule has 6 rings (SSSR count). The summed E-state index contributed by atoms with van der Waals surface area (Å²) in [4.78, 5) is 44.2. The molecule has 3 atom stereocenters. The van der Waals surface area contributed by atoms with Crippen LogP contribution in [0.4, 0.5) is 10.1 Å². The lowest BCUT2D eigenvalue weighted by molar-refractivity contribution is -0.122. The predicted octanol–water partition coefficient (Wildman–Crippen LogP) is 5.71. The van der Waals surface area contributed by atoms with Crippen molar-refractivity contribution in [3.8, 4) is 5.75 Å². The number of nitrogens with zero attached hydrogens (tertiary/aromatic N) is 1. The number of rotatable bonds is 5. The van der Waals surface area contributed by atoms with Crippen LogP contribution in [-0.4, -0.2) is 22.0 Å². The highest BCUT2D eigenvalue weighted by Crippen LogP contribution is 2.54. The minimum absolute atomic E-state index is 0.250. The van der Waals surface area contributed by atoms with Crippen LogP contribution < -0.4 is 14.5 Å². The number of thiazole rings is 1. The normalized spacial score (nSPS) is 20.6. The lowest BCUT2D eigenvalue weighted by Crippen LogP contribution is -2.32. The predicted molar refractivity (Wildman–Crippen MR) is 144 cm³/mol. The largest absolute Gasteiger partial charge is 0.489 e. The average Bonchev–Trinajstić information content (AvgIpc) is 3.39. The van der Waals surface area contributed by atoms with Gasteiger partial charge in [0.05, 0.1) is 16.6 Å². The molecule has 6 nitrogen and oxygen atoms in total. The van der Waals surface area contributed by atoms with Crippen molar-refractivity contribution >= 4 is 56.5 Å². The maximum atomic E-state index is 13.9. The van der Waals surface area contributed by atoms with Crippen LogP contribution in [0.15, 0.2) is 87.1 Å². The molecule has 0 bridgehead atoms. The lowest BCUT2D eigenvalue weighted by atomic mass is 9.82. The summed E-state index contributed by atoms with van der Waals surface area (Å²) in [6.07, 6.45) is 0. The van der Waals surface area contributed by atoms with E-state index in [-0.39, 0.29) is 10.8 Å². The Kier molecular flexibility index (Phi) is 6.26. The Morgan fingerprint density at radius 2 is 1.73 bits per heavy atom. The van der Waals surface area contributed by atoms with Gasteiger partial charge >= 0.3 is 4.87 Å². The van der Waals surface area contributed by atoms with Gasteiger partial charge in [-0.2, -0.15) is 0 Å². The molecular weight excluding hydrogens is 579 g/mol. The second-order valence-electron chi connectivity index (χ2n) is 8.69.